The van der Waals surface area contributed by atoms with E-state index in [-0.39, 0.29) is 0 Å². The van der Waals surface area contributed by atoms with Crippen molar-refractivity contribution < 1.29 is 0 Å². The predicted octanol–water partition coefficient (Wildman–Crippen LogP) is 4.64. The van der Waals surface area contributed by atoms with E-state index in [0.29, 0.717) is 5.41 Å². The van der Waals surface area contributed by atoms with Gasteiger partial charge in [0.2, 0.25) is 0 Å². The molecule has 1 aromatic carbocycles. The van der Waals surface area contributed by atoms with Crippen molar-refractivity contribution in [3.63, 3.8) is 0 Å². The minimum absolute atomic E-state index is 0.460. The molecule has 1 nitrogen and oxygen atoms in total. The molecule has 2 fully saturated rings. The molecule has 104 valence electrons. The van der Waals surface area contributed by atoms with Crippen molar-refractivity contribution in [2.75, 3.05) is 19.6 Å². The molecule has 1 saturated carbocycles. The summed E-state index contributed by atoms with van der Waals surface area (Å²) in [4.78, 5) is 2.67. The summed E-state index contributed by atoms with van der Waals surface area (Å²) in [6.45, 7) is 3.91. The van der Waals surface area contributed by atoms with Gasteiger partial charge in [0.05, 0.1) is 0 Å². The van der Waals surface area contributed by atoms with E-state index in [2.05, 4.69) is 29.2 Å². The minimum Gasteiger partial charge on any atom is -0.303 e. The molecule has 1 heterocycles. The zero-order chi connectivity index (χ0) is 13.1. The summed E-state index contributed by atoms with van der Waals surface area (Å²) in [6.07, 6.45) is 9.67. The van der Waals surface area contributed by atoms with Crippen LogP contribution in [0.4, 0.5) is 0 Å². The van der Waals surface area contributed by atoms with Crippen molar-refractivity contribution in [2.24, 2.45) is 0 Å². The third kappa shape index (κ3) is 2.98. The van der Waals surface area contributed by atoms with Crippen molar-refractivity contribution in [3.05, 3.63) is 34.9 Å². The highest BCUT2D eigenvalue weighted by molar-refractivity contribution is 6.30. The van der Waals surface area contributed by atoms with Gasteiger partial charge < -0.3 is 4.90 Å². The molecule has 0 unspecified atom stereocenters. The fraction of sp³-hybridized carbons (Fsp3) is 0.647. The van der Waals surface area contributed by atoms with Gasteiger partial charge in [0.25, 0.3) is 0 Å². The number of nitrogens with zero attached hydrogens (tertiary/aromatic N) is 1. The summed E-state index contributed by atoms with van der Waals surface area (Å²) in [5.74, 6) is 0. The van der Waals surface area contributed by atoms with Crippen LogP contribution in [0.15, 0.2) is 24.3 Å². The number of hydrogen-bond acceptors (Lipinski definition) is 1. The molecule has 1 aromatic rings. The van der Waals surface area contributed by atoms with E-state index in [1.165, 1.54) is 70.1 Å². The minimum atomic E-state index is 0.460. The Hall–Kier alpha value is -0.530. The van der Waals surface area contributed by atoms with Crippen LogP contribution in [0.25, 0.3) is 0 Å². The highest BCUT2D eigenvalue weighted by atomic mass is 35.5. The zero-order valence-electron chi connectivity index (χ0n) is 11.7. The lowest BCUT2D eigenvalue weighted by Gasteiger charge is -2.44. The number of likely N-dealkylation sites (tertiary alicyclic amines) is 1. The number of benzene rings is 1. The predicted molar refractivity (Wildman–Crippen MR) is 81.9 cm³/mol. The highest BCUT2D eigenvalue weighted by Gasteiger charge is 2.38. The van der Waals surface area contributed by atoms with Gasteiger partial charge in [0.1, 0.15) is 0 Å². The Kier molecular flexibility index (Phi) is 4.14. The lowest BCUT2D eigenvalue weighted by atomic mass is 9.62. The van der Waals surface area contributed by atoms with Crippen LogP contribution in [0.1, 0.15) is 50.5 Å². The Morgan fingerprint density at radius 2 is 1.63 bits per heavy atom. The Bertz CT molecular complexity index is 402. The van der Waals surface area contributed by atoms with Crippen LogP contribution >= 0.6 is 11.6 Å². The van der Waals surface area contributed by atoms with Gasteiger partial charge in [-0.25, -0.2) is 0 Å². The summed E-state index contributed by atoms with van der Waals surface area (Å²) < 4.78 is 0. The number of hydrogen-bond donors (Lipinski definition) is 0. The second kappa shape index (κ2) is 5.85. The summed E-state index contributed by atoms with van der Waals surface area (Å²) in [6, 6.07) is 8.60. The summed E-state index contributed by atoms with van der Waals surface area (Å²) in [5, 5.41) is 0.856. The maximum Gasteiger partial charge on any atom is 0.0406 e. The maximum atomic E-state index is 6.01. The Labute approximate surface area is 121 Å². The smallest absolute Gasteiger partial charge is 0.0406 e. The Morgan fingerprint density at radius 3 is 2.21 bits per heavy atom. The molecule has 0 atom stereocenters. The van der Waals surface area contributed by atoms with Crippen LogP contribution in [-0.4, -0.2) is 24.5 Å². The fourth-order valence-corrected chi connectivity index (χ4v) is 3.77. The van der Waals surface area contributed by atoms with Crippen LogP contribution in [-0.2, 0) is 5.41 Å². The third-order valence-corrected chi connectivity index (χ3v) is 5.37. The van der Waals surface area contributed by atoms with Crippen LogP contribution in [0.5, 0.6) is 0 Å². The summed E-state index contributed by atoms with van der Waals surface area (Å²) in [5.41, 5.74) is 1.97. The molecule has 1 aliphatic heterocycles. The van der Waals surface area contributed by atoms with Gasteiger partial charge in [0, 0.05) is 5.02 Å². The molecule has 0 bridgehead atoms. The van der Waals surface area contributed by atoms with E-state index in [9.17, 15) is 0 Å². The molecule has 0 spiro atoms. The van der Waals surface area contributed by atoms with E-state index >= 15 is 0 Å². The number of rotatable bonds is 4. The van der Waals surface area contributed by atoms with E-state index in [1.807, 2.05) is 0 Å². The van der Waals surface area contributed by atoms with E-state index < -0.39 is 0 Å². The summed E-state index contributed by atoms with van der Waals surface area (Å²) in [7, 11) is 0. The largest absolute Gasteiger partial charge is 0.303 e. The fourth-order valence-electron chi connectivity index (χ4n) is 3.65. The molecule has 1 saturated heterocycles. The molecule has 0 aromatic heterocycles. The highest BCUT2D eigenvalue weighted by Crippen LogP contribution is 2.46. The molecule has 0 radical (unpaired) electrons. The normalized spacial score (nSPS) is 23.0. The van der Waals surface area contributed by atoms with Crippen LogP contribution in [0.2, 0.25) is 5.02 Å². The van der Waals surface area contributed by atoms with Gasteiger partial charge >= 0.3 is 0 Å². The quantitative estimate of drug-likeness (QED) is 0.775. The van der Waals surface area contributed by atoms with E-state index in [4.69, 9.17) is 11.6 Å². The molecular weight excluding hydrogens is 254 g/mol. The molecule has 0 N–H and O–H groups in total. The van der Waals surface area contributed by atoms with Gasteiger partial charge in [-0.1, -0.05) is 36.6 Å². The second-order valence-corrected chi connectivity index (χ2v) is 6.73. The van der Waals surface area contributed by atoms with Crippen molar-refractivity contribution in [2.45, 2.75) is 50.4 Å². The van der Waals surface area contributed by atoms with Gasteiger partial charge in [-0.05, 0) is 74.8 Å². The van der Waals surface area contributed by atoms with Crippen molar-refractivity contribution in [1.29, 1.82) is 0 Å². The van der Waals surface area contributed by atoms with E-state index in [0.717, 1.165) is 5.02 Å². The molecule has 0 amide bonds. The average molecular weight is 278 g/mol. The molecule has 2 heteroatoms. The molecule has 19 heavy (non-hydrogen) atoms. The first-order valence-corrected chi connectivity index (χ1v) is 8.15. The number of piperidine rings is 1. The summed E-state index contributed by atoms with van der Waals surface area (Å²) >= 11 is 6.01. The van der Waals surface area contributed by atoms with Crippen LogP contribution in [0.3, 0.4) is 0 Å². The lowest BCUT2D eigenvalue weighted by Crippen LogP contribution is -2.40. The molecule has 1 aliphatic carbocycles. The Balaban J connectivity index is 1.64. The first-order chi connectivity index (χ1) is 9.28. The van der Waals surface area contributed by atoms with Crippen molar-refractivity contribution in [1.82, 2.24) is 4.90 Å². The zero-order valence-corrected chi connectivity index (χ0v) is 12.5. The first-order valence-electron chi connectivity index (χ1n) is 7.77. The van der Waals surface area contributed by atoms with Crippen molar-refractivity contribution >= 4 is 11.6 Å². The second-order valence-electron chi connectivity index (χ2n) is 6.29. The topological polar surface area (TPSA) is 3.24 Å². The Morgan fingerprint density at radius 1 is 0.947 bits per heavy atom. The van der Waals surface area contributed by atoms with Crippen molar-refractivity contribution in [3.8, 4) is 0 Å². The van der Waals surface area contributed by atoms with E-state index in [1.54, 1.807) is 0 Å². The monoisotopic (exact) mass is 277 g/mol. The SMILES string of the molecule is Clc1ccc(C2(CCN3CCCCC3)CCC2)cc1. The first kappa shape index (κ1) is 13.5. The van der Waals surface area contributed by atoms with Gasteiger partial charge in [-0.3, -0.25) is 0 Å². The van der Waals surface area contributed by atoms with Gasteiger partial charge in [-0.2, -0.15) is 0 Å². The van der Waals surface area contributed by atoms with Crippen LogP contribution in [0, 0.1) is 0 Å². The molecule has 2 aliphatic rings. The molecule has 3 rings (SSSR count). The van der Waals surface area contributed by atoms with Crippen LogP contribution < -0.4 is 0 Å². The maximum absolute atomic E-state index is 6.01. The third-order valence-electron chi connectivity index (χ3n) is 5.12. The number of halogens is 1. The van der Waals surface area contributed by atoms with Gasteiger partial charge in [0.15, 0.2) is 0 Å². The average Bonchev–Trinajstić information content (AvgIpc) is 2.41. The van der Waals surface area contributed by atoms with Gasteiger partial charge in [-0.15, -0.1) is 0 Å². The lowest BCUT2D eigenvalue weighted by molar-refractivity contribution is 0.161. The standard InChI is InChI=1S/C17H24ClN/c18-16-7-5-15(6-8-16)17(9-4-10-17)11-14-19-12-2-1-3-13-19/h5-8H,1-4,9-14H2. The molecular formula is C17H24ClN.